The van der Waals surface area contributed by atoms with Gasteiger partial charge in [0.15, 0.2) is 0 Å². The predicted octanol–water partition coefficient (Wildman–Crippen LogP) is 1.94. The summed E-state index contributed by atoms with van der Waals surface area (Å²) in [4.78, 5) is 0.0251. The van der Waals surface area contributed by atoms with E-state index in [1.165, 1.54) is 12.3 Å². The number of aromatic nitrogens is 1. The molecule has 5 nitrogen and oxygen atoms in total. The van der Waals surface area contributed by atoms with Crippen LogP contribution in [0.2, 0.25) is 0 Å². The molecule has 1 rings (SSSR count). The Hall–Kier alpha value is -0.990. The molecule has 0 amide bonds. The Morgan fingerprint density at radius 1 is 1.33 bits per heavy atom. The van der Waals surface area contributed by atoms with Crippen molar-refractivity contribution < 1.29 is 17.2 Å². The molecule has 0 bridgehead atoms. The van der Waals surface area contributed by atoms with Crippen molar-refractivity contribution in [1.29, 1.82) is 0 Å². The number of sulfonamides is 1. The van der Waals surface area contributed by atoms with Gasteiger partial charge >= 0.3 is 0 Å². The average Bonchev–Trinajstić information content (AvgIpc) is 2.79. The maximum atomic E-state index is 12.2. The number of nitrogens with zero attached hydrogens (tertiary/aromatic N) is 1. The summed E-state index contributed by atoms with van der Waals surface area (Å²) in [5.74, 6) is 0. The van der Waals surface area contributed by atoms with Gasteiger partial charge in [-0.05, 0) is 12.5 Å². The molecular formula is C13H23F2N3O2S. The van der Waals surface area contributed by atoms with Gasteiger partial charge in [-0.1, -0.05) is 20.8 Å². The summed E-state index contributed by atoms with van der Waals surface area (Å²) in [7, 11) is -3.89. The number of hydrogen-bond acceptors (Lipinski definition) is 3. The molecule has 1 heterocycles. The summed E-state index contributed by atoms with van der Waals surface area (Å²) in [6, 6.07) is 1.80. The van der Waals surface area contributed by atoms with Crippen LogP contribution in [-0.4, -0.2) is 32.0 Å². The highest BCUT2D eigenvalue weighted by Crippen LogP contribution is 2.15. The molecule has 2 N–H and O–H groups in total. The third kappa shape index (κ3) is 5.72. The molecule has 0 aliphatic carbocycles. The second-order valence-corrected chi connectivity index (χ2v) is 6.91. The van der Waals surface area contributed by atoms with Gasteiger partial charge in [-0.25, -0.2) is 21.9 Å². The lowest BCUT2D eigenvalue weighted by molar-refractivity contribution is 0.153. The minimum atomic E-state index is -3.89. The van der Waals surface area contributed by atoms with Crippen LogP contribution < -0.4 is 10.0 Å². The van der Waals surface area contributed by atoms with Crippen molar-refractivity contribution in [2.75, 3.05) is 6.54 Å². The summed E-state index contributed by atoms with van der Waals surface area (Å²) in [6.07, 6.45) is -0.360. The fourth-order valence-electron chi connectivity index (χ4n) is 1.83. The van der Waals surface area contributed by atoms with Gasteiger partial charge in [0.2, 0.25) is 10.0 Å². The van der Waals surface area contributed by atoms with Crippen LogP contribution in [0.15, 0.2) is 17.2 Å². The molecule has 8 heteroatoms. The lowest BCUT2D eigenvalue weighted by Gasteiger charge is -2.10. The Morgan fingerprint density at radius 2 is 2.00 bits per heavy atom. The molecule has 0 atom stereocenters. The second kappa shape index (κ2) is 7.86. The zero-order valence-electron chi connectivity index (χ0n) is 12.6. The Morgan fingerprint density at radius 3 is 2.52 bits per heavy atom. The number of nitrogens with one attached hydrogen (secondary N) is 2. The van der Waals surface area contributed by atoms with Gasteiger partial charge in [0, 0.05) is 31.0 Å². The quantitative estimate of drug-likeness (QED) is 0.730. The molecule has 0 fully saturated rings. The summed E-state index contributed by atoms with van der Waals surface area (Å²) < 4.78 is 52.0. The molecule has 0 aromatic carbocycles. The summed E-state index contributed by atoms with van der Waals surface area (Å²) in [5, 5.41) is 3.22. The van der Waals surface area contributed by atoms with Gasteiger partial charge in [-0.3, -0.25) is 0 Å². The lowest BCUT2D eigenvalue weighted by Crippen LogP contribution is -2.28. The Kier molecular flexibility index (Phi) is 6.76. The fraction of sp³-hybridized carbons (Fsp3) is 0.692. The first kappa shape index (κ1) is 18.1. The van der Waals surface area contributed by atoms with E-state index >= 15 is 0 Å². The van der Waals surface area contributed by atoms with Crippen molar-refractivity contribution in [2.45, 2.75) is 57.6 Å². The van der Waals surface area contributed by atoms with Gasteiger partial charge in [0.25, 0.3) is 6.43 Å². The van der Waals surface area contributed by atoms with Crippen LogP contribution in [0.4, 0.5) is 8.78 Å². The number of halogens is 2. The first-order valence-electron chi connectivity index (χ1n) is 6.96. The highest BCUT2D eigenvalue weighted by atomic mass is 32.2. The Bertz CT molecular complexity index is 542. The minimum Gasteiger partial charge on any atom is -0.349 e. The number of alkyl halides is 2. The van der Waals surface area contributed by atoms with E-state index in [2.05, 4.69) is 5.32 Å². The number of rotatable bonds is 9. The van der Waals surface area contributed by atoms with Crippen molar-refractivity contribution in [3.8, 4) is 0 Å². The van der Waals surface area contributed by atoms with Crippen molar-refractivity contribution in [2.24, 2.45) is 0 Å². The van der Waals surface area contributed by atoms with E-state index < -0.39 is 23.0 Å². The summed E-state index contributed by atoms with van der Waals surface area (Å²) in [5.41, 5.74) is 0.822. The molecule has 0 saturated carbocycles. The van der Waals surface area contributed by atoms with Gasteiger partial charge < -0.3 is 9.88 Å². The molecule has 0 unspecified atom stereocenters. The van der Waals surface area contributed by atoms with Crippen molar-refractivity contribution in [3.63, 3.8) is 0 Å². The maximum absolute atomic E-state index is 12.2. The molecular weight excluding hydrogens is 300 g/mol. The SMILES string of the molecule is CCCn1cc(S(=O)(=O)NCC(F)F)cc1CNC(C)C. The molecule has 0 aliphatic rings. The zero-order chi connectivity index (χ0) is 16.0. The average molecular weight is 323 g/mol. The normalized spacial score (nSPS) is 12.5. The zero-order valence-corrected chi connectivity index (χ0v) is 13.4. The van der Waals surface area contributed by atoms with Gasteiger partial charge in [-0.15, -0.1) is 0 Å². The molecule has 1 aromatic heterocycles. The van der Waals surface area contributed by atoms with E-state index in [1.807, 2.05) is 30.1 Å². The van der Waals surface area contributed by atoms with Crippen LogP contribution in [0.1, 0.15) is 32.9 Å². The largest absolute Gasteiger partial charge is 0.349 e. The Labute approximate surface area is 124 Å². The molecule has 0 saturated heterocycles. The summed E-state index contributed by atoms with van der Waals surface area (Å²) >= 11 is 0. The third-order valence-corrected chi connectivity index (χ3v) is 4.25. The molecule has 0 radical (unpaired) electrons. The maximum Gasteiger partial charge on any atom is 0.251 e. The summed E-state index contributed by atoms with van der Waals surface area (Å²) in [6.45, 7) is 6.31. The Balaban J connectivity index is 2.94. The van der Waals surface area contributed by atoms with Crippen LogP contribution in [0, 0.1) is 0 Å². The van der Waals surface area contributed by atoms with Crippen molar-refractivity contribution in [3.05, 3.63) is 18.0 Å². The third-order valence-electron chi connectivity index (χ3n) is 2.85. The predicted molar refractivity (Wildman–Crippen MR) is 77.9 cm³/mol. The van der Waals surface area contributed by atoms with Crippen LogP contribution in [0.5, 0.6) is 0 Å². The van der Waals surface area contributed by atoms with Crippen LogP contribution in [-0.2, 0) is 23.1 Å². The molecule has 1 aromatic rings. The standard InChI is InChI=1S/C13H23F2N3O2S/c1-4-5-18-9-12(6-11(18)7-16-10(2)3)21(19,20)17-8-13(14)15/h6,9-10,13,16-17H,4-5,7-8H2,1-3H3. The van der Waals surface area contributed by atoms with Crippen LogP contribution in [0.25, 0.3) is 0 Å². The minimum absolute atomic E-state index is 0.0251. The smallest absolute Gasteiger partial charge is 0.251 e. The van der Waals surface area contributed by atoms with Gasteiger partial charge in [0.05, 0.1) is 11.4 Å². The topological polar surface area (TPSA) is 63.1 Å². The van der Waals surface area contributed by atoms with E-state index in [-0.39, 0.29) is 10.9 Å². The van der Waals surface area contributed by atoms with Crippen molar-refractivity contribution >= 4 is 10.0 Å². The van der Waals surface area contributed by atoms with E-state index in [4.69, 9.17) is 0 Å². The van der Waals surface area contributed by atoms with E-state index in [0.717, 1.165) is 12.1 Å². The molecule has 0 aliphatic heterocycles. The van der Waals surface area contributed by atoms with Gasteiger partial charge in [0.1, 0.15) is 0 Å². The van der Waals surface area contributed by atoms with Crippen LogP contribution in [0.3, 0.4) is 0 Å². The first-order valence-corrected chi connectivity index (χ1v) is 8.44. The number of hydrogen-bond donors (Lipinski definition) is 2. The monoisotopic (exact) mass is 323 g/mol. The first-order chi connectivity index (χ1) is 9.76. The molecule has 21 heavy (non-hydrogen) atoms. The fourth-order valence-corrected chi connectivity index (χ4v) is 2.90. The molecule has 0 spiro atoms. The van der Waals surface area contributed by atoms with E-state index in [0.29, 0.717) is 13.1 Å². The van der Waals surface area contributed by atoms with E-state index in [9.17, 15) is 17.2 Å². The number of aryl methyl sites for hydroxylation is 1. The second-order valence-electron chi connectivity index (χ2n) is 5.14. The van der Waals surface area contributed by atoms with Crippen LogP contribution >= 0.6 is 0 Å². The highest BCUT2D eigenvalue weighted by Gasteiger charge is 2.19. The lowest BCUT2D eigenvalue weighted by atomic mass is 10.3. The van der Waals surface area contributed by atoms with E-state index in [1.54, 1.807) is 0 Å². The molecule has 122 valence electrons. The highest BCUT2D eigenvalue weighted by molar-refractivity contribution is 7.89. The van der Waals surface area contributed by atoms with Crippen molar-refractivity contribution in [1.82, 2.24) is 14.6 Å². The van der Waals surface area contributed by atoms with Gasteiger partial charge in [-0.2, -0.15) is 0 Å².